The van der Waals surface area contributed by atoms with Gasteiger partial charge in [-0.1, -0.05) is 6.07 Å². The van der Waals surface area contributed by atoms with E-state index in [0.29, 0.717) is 0 Å². The highest BCUT2D eigenvalue weighted by molar-refractivity contribution is 9.11. The van der Waals surface area contributed by atoms with Gasteiger partial charge in [0.2, 0.25) is 0 Å². The van der Waals surface area contributed by atoms with Crippen LogP contribution in [-0.4, -0.2) is 12.0 Å². The fraction of sp³-hybridized carbons (Fsp3) is 0.267. The number of hydrogen-bond acceptors (Lipinski definition) is 2. The van der Waals surface area contributed by atoms with E-state index in [0.717, 1.165) is 32.2 Å². The van der Waals surface area contributed by atoms with Gasteiger partial charge in [-0.2, -0.15) is 0 Å². The van der Waals surface area contributed by atoms with Crippen molar-refractivity contribution in [2.75, 3.05) is 7.05 Å². The summed E-state index contributed by atoms with van der Waals surface area (Å²) < 4.78 is 15.0. The Morgan fingerprint density at radius 2 is 2.05 bits per heavy atom. The zero-order valence-corrected chi connectivity index (χ0v) is 14.4. The molecule has 0 radical (unpaired) electrons. The molecule has 0 aliphatic heterocycles. The van der Waals surface area contributed by atoms with Crippen molar-refractivity contribution >= 4 is 31.9 Å². The quantitative estimate of drug-likeness (QED) is 0.812. The molecular weight excluding hydrogens is 387 g/mol. The van der Waals surface area contributed by atoms with Gasteiger partial charge in [-0.05, 0) is 81.6 Å². The van der Waals surface area contributed by atoms with Gasteiger partial charge in [0.1, 0.15) is 5.82 Å². The maximum Gasteiger partial charge on any atom is 0.123 e. The first kappa shape index (κ1) is 15.6. The molecule has 0 saturated heterocycles. The highest BCUT2D eigenvalue weighted by Crippen LogP contribution is 2.27. The minimum Gasteiger partial charge on any atom is -0.311 e. The highest BCUT2D eigenvalue weighted by Gasteiger charge is 2.16. The molecule has 0 aliphatic carbocycles. The molecule has 1 heterocycles. The third kappa shape index (κ3) is 3.65. The Balaban J connectivity index is 2.28. The number of hydrogen-bond donors (Lipinski definition) is 1. The first-order chi connectivity index (χ1) is 9.51. The maximum atomic E-state index is 13.2. The molecule has 0 spiro atoms. The van der Waals surface area contributed by atoms with Crippen molar-refractivity contribution < 1.29 is 4.39 Å². The standard InChI is InChI=1S/C15H15Br2FN2/c1-9-5-12(18)4-3-10(9)6-14(19-2)15-13(17)7-11(16)8-20-15/h3-5,7-8,14,19H,6H2,1-2H3. The molecule has 2 aromatic rings. The van der Waals surface area contributed by atoms with E-state index in [1.807, 2.05) is 26.1 Å². The largest absolute Gasteiger partial charge is 0.311 e. The molecular formula is C15H15Br2FN2. The van der Waals surface area contributed by atoms with Gasteiger partial charge in [-0.25, -0.2) is 4.39 Å². The molecule has 20 heavy (non-hydrogen) atoms. The maximum absolute atomic E-state index is 13.2. The van der Waals surface area contributed by atoms with Gasteiger partial charge in [0.05, 0.1) is 11.7 Å². The summed E-state index contributed by atoms with van der Waals surface area (Å²) in [4.78, 5) is 4.46. The third-order valence-corrected chi connectivity index (χ3v) is 4.31. The number of aryl methyl sites for hydroxylation is 1. The molecule has 1 unspecified atom stereocenters. The van der Waals surface area contributed by atoms with Crippen molar-refractivity contribution in [3.8, 4) is 0 Å². The Morgan fingerprint density at radius 3 is 2.65 bits per heavy atom. The fourth-order valence-electron chi connectivity index (χ4n) is 2.13. The summed E-state index contributed by atoms with van der Waals surface area (Å²) in [5.74, 6) is -0.199. The summed E-state index contributed by atoms with van der Waals surface area (Å²) in [6, 6.07) is 6.94. The molecule has 1 atom stereocenters. The number of rotatable bonds is 4. The van der Waals surface area contributed by atoms with Crippen molar-refractivity contribution in [3.05, 3.63) is 62.0 Å². The van der Waals surface area contributed by atoms with Crippen molar-refractivity contribution in [2.45, 2.75) is 19.4 Å². The second-order valence-corrected chi connectivity index (χ2v) is 6.41. The Morgan fingerprint density at radius 1 is 1.30 bits per heavy atom. The molecule has 1 aromatic heterocycles. The van der Waals surface area contributed by atoms with Crippen LogP contribution in [0.2, 0.25) is 0 Å². The van der Waals surface area contributed by atoms with Gasteiger partial charge in [-0.3, -0.25) is 4.98 Å². The molecule has 0 bridgehead atoms. The highest BCUT2D eigenvalue weighted by atomic mass is 79.9. The van der Waals surface area contributed by atoms with Gasteiger partial charge in [0.25, 0.3) is 0 Å². The second kappa shape index (κ2) is 6.78. The number of halogens is 3. The summed E-state index contributed by atoms with van der Waals surface area (Å²) in [5, 5.41) is 3.27. The summed E-state index contributed by atoms with van der Waals surface area (Å²) in [6.07, 6.45) is 2.54. The molecule has 106 valence electrons. The van der Waals surface area contributed by atoms with Gasteiger partial charge in [0.15, 0.2) is 0 Å². The van der Waals surface area contributed by atoms with Crippen molar-refractivity contribution in [1.82, 2.24) is 10.3 Å². The minimum absolute atomic E-state index is 0.0710. The van der Waals surface area contributed by atoms with Crippen LogP contribution in [0.4, 0.5) is 4.39 Å². The third-order valence-electron chi connectivity index (χ3n) is 3.24. The smallest absolute Gasteiger partial charge is 0.123 e. The molecule has 2 rings (SSSR count). The monoisotopic (exact) mass is 400 g/mol. The normalized spacial score (nSPS) is 12.4. The lowest BCUT2D eigenvalue weighted by molar-refractivity contribution is 0.569. The predicted molar refractivity (Wildman–Crippen MR) is 86.3 cm³/mol. The zero-order valence-electron chi connectivity index (χ0n) is 11.3. The summed E-state index contributed by atoms with van der Waals surface area (Å²) in [6.45, 7) is 1.93. The van der Waals surface area contributed by atoms with E-state index in [1.54, 1.807) is 12.3 Å². The van der Waals surface area contributed by atoms with Crippen LogP contribution < -0.4 is 5.32 Å². The average molecular weight is 402 g/mol. The van der Waals surface area contributed by atoms with Crippen LogP contribution in [0.15, 0.2) is 39.4 Å². The molecule has 0 fully saturated rings. The van der Waals surface area contributed by atoms with Gasteiger partial charge >= 0.3 is 0 Å². The lowest BCUT2D eigenvalue weighted by Crippen LogP contribution is -2.21. The lowest BCUT2D eigenvalue weighted by atomic mass is 9.99. The van der Waals surface area contributed by atoms with Gasteiger partial charge in [-0.15, -0.1) is 0 Å². The lowest BCUT2D eigenvalue weighted by Gasteiger charge is -2.18. The minimum atomic E-state index is -0.199. The van der Waals surface area contributed by atoms with Crippen LogP contribution in [0.3, 0.4) is 0 Å². The number of likely N-dealkylation sites (N-methyl/N-ethyl adjacent to an activating group) is 1. The molecule has 5 heteroatoms. The summed E-state index contributed by atoms with van der Waals surface area (Å²) in [5.41, 5.74) is 3.01. The Kier molecular flexibility index (Phi) is 5.29. The van der Waals surface area contributed by atoms with Crippen LogP contribution in [0, 0.1) is 12.7 Å². The number of aromatic nitrogens is 1. The predicted octanol–water partition coefficient (Wildman–Crippen LogP) is 4.56. The molecule has 0 amide bonds. The van der Waals surface area contributed by atoms with E-state index in [2.05, 4.69) is 42.2 Å². The van der Waals surface area contributed by atoms with Crippen LogP contribution >= 0.6 is 31.9 Å². The van der Waals surface area contributed by atoms with Crippen LogP contribution in [0.5, 0.6) is 0 Å². The van der Waals surface area contributed by atoms with E-state index < -0.39 is 0 Å². The molecule has 0 aliphatic rings. The molecule has 1 N–H and O–H groups in total. The first-order valence-corrected chi connectivity index (χ1v) is 7.83. The molecule has 0 saturated carbocycles. The van der Waals surface area contributed by atoms with Gasteiger partial charge < -0.3 is 5.32 Å². The van der Waals surface area contributed by atoms with Crippen LogP contribution in [0.1, 0.15) is 22.9 Å². The van der Waals surface area contributed by atoms with Crippen molar-refractivity contribution in [1.29, 1.82) is 0 Å². The summed E-state index contributed by atoms with van der Waals surface area (Å²) in [7, 11) is 1.90. The van der Waals surface area contributed by atoms with Crippen LogP contribution in [-0.2, 0) is 6.42 Å². The molecule has 2 nitrogen and oxygen atoms in total. The Bertz CT molecular complexity index is 617. The number of nitrogens with zero attached hydrogens (tertiary/aromatic N) is 1. The average Bonchev–Trinajstić information content (AvgIpc) is 2.39. The Labute approximate surface area is 135 Å². The summed E-state index contributed by atoms with van der Waals surface area (Å²) >= 11 is 6.94. The topological polar surface area (TPSA) is 24.9 Å². The number of pyridine rings is 1. The Hall–Kier alpha value is -0.780. The van der Waals surface area contributed by atoms with Crippen molar-refractivity contribution in [2.24, 2.45) is 0 Å². The van der Waals surface area contributed by atoms with E-state index in [4.69, 9.17) is 0 Å². The SMILES string of the molecule is CNC(Cc1ccc(F)cc1C)c1ncc(Br)cc1Br. The van der Waals surface area contributed by atoms with Crippen molar-refractivity contribution in [3.63, 3.8) is 0 Å². The number of benzene rings is 1. The van der Waals surface area contributed by atoms with Gasteiger partial charge in [0, 0.05) is 15.1 Å². The number of nitrogens with one attached hydrogen (secondary N) is 1. The van der Waals surface area contributed by atoms with E-state index in [-0.39, 0.29) is 11.9 Å². The van der Waals surface area contributed by atoms with E-state index in [9.17, 15) is 4.39 Å². The second-order valence-electron chi connectivity index (χ2n) is 4.64. The van der Waals surface area contributed by atoms with E-state index in [1.165, 1.54) is 6.07 Å². The first-order valence-electron chi connectivity index (χ1n) is 6.24. The zero-order chi connectivity index (χ0) is 14.7. The van der Waals surface area contributed by atoms with E-state index >= 15 is 0 Å². The molecule has 1 aromatic carbocycles. The van der Waals surface area contributed by atoms with Crippen LogP contribution in [0.25, 0.3) is 0 Å². The fourth-order valence-corrected chi connectivity index (χ4v) is 3.39.